The molecule has 15 rings (SSSR count). The van der Waals surface area contributed by atoms with E-state index < -0.39 is 109 Å². The Kier molecular flexibility index (Phi) is 16.3. The molecule has 17 heteroatoms. The highest BCUT2D eigenvalue weighted by Crippen LogP contribution is 2.81. The number of phenols is 1. The van der Waals surface area contributed by atoms with E-state index in [1.54, 1.807) is 25.3 Å². The van der Waals surface area contributed by atoms with Crippen LogP contribution in [0, 0.1) is 79.8 Å². The number of carbonyl (C=O) groups excluding carboxylic acids is 2. The Morgan fingerprint density at radius 3 is 2.37 bits per heavy atom. The van der Waals surface area contributed by atoms with Gasteiger partial charge in [0.15, 0.2) is 5.78 Å². The average Bonchev–Trinajstić information content (AvgIpc) is 1.04. The normalized spacial score (nSPS) is 46.9. The number of phenolic OH excluding ortho intramolecular Hbond substituents is 1. The molecule has 1 amide bonds. The lowest BCUT2D eigenvalue weighted by Crippen LogP contribution is -2.79. The summed E-state index contributed by atoms with van der Waals surface area (Å²) < 4.78 is 12.1. The number of benzene rings is 1. The lowest BCUT2D eigenvalue weighted by molar-refractivity contribution is -0.309. The molecule has 86 heavy (non-hydrogen) atoms. The molecular weight excluding hydrogens is 1130 g/mol. The third kappa shape index (κ3) is 8.31. The summed E-state index contributed by atoms with van der Waals surface area (Å²) in [4.78, 5) is 34.9. The van der Waals surface area contributed by atoms with E-state index in [1.165, 1.54) is 28.0 Å². The fourth-order valence-corrected chi connectivity index (χ4v) is 26.7. The first-order valence-corrected chi connectivity index (χ1v) is 36.1. The monoisotopic (exact) mass is 1230 g/mol. The van der Waals surface area contributed by atoms with Gasteiger partial charge >= 0.3 is 0 Å². The van der Waals surface area contributed by atoms with E-state index in [0.717, 1.165) is 50.5 Å². The van der Waals surface area contributed by atoms with Gasteiger partial charge in [0.05, 0.1) is 41.3 Å². The van der Waals surface area contributed by atoms with Crippen LogP contribution in [0.1, 0.15) is 175 Å². The molecule has 0 aromatic heterocycles. The van der Waals surface area contributed by atoms with Gasteiger partial charge in [-0.15, -0.1) is 0 Å². The zero-order chi connectivity index (χ0) is 60.8. The van der Waals surface area contributed by atoms with Crippen molar-refractivity contribution in [2.75, 3.05) is 50.7 Å². The molecule has 478 valence electrons. The highest BCUT2D eigenvalue weighted by Gasteiger charge is 2.84. The maximum atomic E-state index is 16.7. The molecule has 5 spiro atoms. The molecule has 5 heterocycles. The van der Waals surface area contributed by atoms with Gasteiger partial charge in [0.2, 0.25) is 5.91 Å². The fourth-order valence-electron chi connectivity index (χ4n) is 23.7. The summed E-state index contributed by atoms with van der Waals surface area (Å²) in [6.07, 6.45) is 17.0. The molecule has 9 fully saturated rings. The number of carbonyl (C=O) groups is 2. The highest BCUT2D eigenvalue weighted by molar-refractivity contribution is 8.76. The lowest BCUT2D eigenvalue weighted by atomic mass is 9.31. The van der Waals surface area contributed by atoms with Gasteiger partial charge in [0.1, 0.15) is 28.5 Å². The molecule has 9 aliphatic carbocycles. The first-order valence-electron chi connectivity index (χ1n) is 33.7. The van der Waals surface area contributed by atoms with E-state index in [-0.39, 0.29) is 73.0 Å². The van der Waals surface area contributed by atoms with E-state index in [9.17, 15) is 46.0 Å². The first kappa shape index (κ1) is 62.7. The van der Waals surface area contributed by atoms with Crippen LogP contribution in [0.4, 0.5) is 5.69 Å². The predicted octanol–water partition coefficient (Wildman–Crippen LogP) is 8.32. The number of hydrogen-bond acceptors (Lipinski definition) is 16. The second-order valence-corrected chi connectivity index (χ2v) is 33.4. The Labute approximate surface area is 518 Å². The summed E-state index contributed by atoms with van der Waals surface area (Å²) in [5, 5.41) is 121. The van der Waals surface area contributed by atoms with Gasteiger partial charge in [-0.05, 0) is 185 Å². The maximum Gasteiger partial charge on any atom is 0.234 e. The number of ketones is 1. The smallest absolute Gasteiger partial charge is 0.234 e. The van der Waals surface area contributed by atoms with E-state index in [2.05, 4.69) is 38.2 Å². The molecule has 7 saturated carbocycles. The number of nitrogens with one attached hydrogen (secondary N) is 1. The summed E-state index contributed by atoms with van der Waals surface area (Å²) in [5.41, 5.74) is -12.7. The molecule has 1 aromatic carbocycles. The van der Waals surface area contributed by atoms with Crippen molar-refractivity contribution in [3.05, 3.63) is 47.6 Å². The van der Waals surface area contributed by atoms with Crippen molar-refractivity contribution in [1.29, 1.82) is 0 Å². The van der Waals surface area contributed by atoms with Crippen molar-refractivity contribution in [1.82, 2.24) is 5.32 Å². The number of aliphatic hydroxyl groups is 8. The second kappa shape index (κ2) is 22.3. The number of nitrogens with zero attached hydrogens (tertiary/aromatic N) is 1. The van der Waals surface area contributed by atoms with E-state index in [4.69, 9.17) is 9.47 Å². The third-order valence-corrected chi connectivity index (χ3v) is 30.7. The van der Waals surface area contributed by atoms with Gasteiger partial charge in [-0.2, -0.15) is 0 Å². The molecule has 0 unspecified atom stereocenters. The maximum absolute atomic E-state index is 16.7. The van der Waals surface area contributed by atoms with Crippen molar-refractivity contribution in [2.24, 2.45) is 79.8 Å². The highest BCUT2D eigenvalue weighted by atomic mass is 33.1. The number of anilines is 1. The summed E-state index contributed by atoms with van der Waals surface area (Å²) >= 11 is 0. The Hall–Kier alpha value is -2.10. The topological polar surface area (TPSA) is 253 Å². The van der Waals surface area contributed by atoms with Crippen LogP contribution in [0.5, 0.6) is 5.75 Å². The average molecular weight is 1230 g/mol. The summed E-state index contributed by atoms with van der Waals surface area (Å²) in [6, 6.07) is 5.40. The minimum Gasteiger partial charge on any atom is -0.508 e. The van der Waals surface area contributed by atoms with Crippen LogP contribution in [-0.4, -0.2) is 156 Å². The Bertz CT molecular complexity index is 2830. The van der Waals surface area contributed by atoms with Gasteiger partial charge < -0.3 is 65.6 Å². The number of hydrogen-bond donors (Lipinski definition) is 10. The van der Waals surface area contributed by atoms with Crippen molar-refractivity contribution in [3.8, 4) is 5.75 Å². The minimum atomic E-state index is -2.06. The number of amides is 1. The quantitative estimate of drug-likeness (QED) is 0.0409. The Balaban J connectivity index is 0.978. The molecule has 1 aromatic rings. The largest absolute Gasteiger partial charge is 0.508 e. The van der Waals surface area contributed by atoms with Crippen molar-refractivity contribution >= 4 is 39.0 Å². The van der Waals surface area contributed by atoms with Crippen LogP contribution in [0.2, 0.25) is 0 Å². The Morgan fingerprint density at radius 1 is 0.895 bits per heavy atom. The fraction of sp³-hybridized carbons (Fsp3) is 0.826. The molecule has 0 radical (unpaired) electrons. The zero-order valence-corrected chi connectivity index (χ0v) is 53.5. The SMILES string of the molecule is COCCCC1(NC[C@@H]2CC[C@]3(CN4C(=O)[C@]35[C@@H](CO)CCC[C@H]5CSS[C@@H](O)[C@@]35C[C@@H](O)[C@](O)(CO)C6(CCCC6)[C@]3(C)[C@H]3C[C@@H]6C=CC[C@](O)([C@@H]7O[C@H]7[C@H](C)C(C)C)[C@H]7CC[C@@](O)(C3=CC5=O)[C@@]76CCc3cc(O)cc4c3)[C@@H]2O)CCCCC1. The van der Waals surface area contributed by atoms with Gasteiger partial charge in [-0.3, -0.25) is 9.59 Å². The Morgan fingerprint density at radius 2 is 1.65 bits per heavy atom. The number of aliphatic hydroxyl groups excluding tert-OH is 5. The number of ether oxygens (including phenoxy) is 2. The number of epoxide rings is 1. The second-order valence-electron chi connectivity index (χ2n) is 30.9. The van der Waals surface area contributed by atoms with Gasteiger partial charge in [0.25, 0.3) is 0 Å². The van der Waals surface area contributed by atoms with Crippen LogP contribution >= 0.6 is 21.6 Å². The number of rotatable bonds is 12. The van der Waals surface area contributed by atoms with Crippen LogP contribution in [-0.2, 0) is 25.5 Å². The van der Waals surface area contributed by atoms with Crippen LogP contribution < -0.4 is 10.2 Å². The minimum absolute atomic E-state index is 0.0255. The molecule has 10 N–H and O–H groups in total. The third-order valence-electron chi connectivity index (χ3n) is 28.1. The van der Waals surface area contributed by atoms with E-state index in [0.29, 0.717) is 114 Å². The van der Waals surface area contributed by atoms with Crippen molar-refractivity contribution in [3.63, 3.8) is 0 Å². The summed E-state index contributed by atoms with van der Waals surface area (Å²) in [6.45, 7) is 8.95. The van der Waals surface area contributed by atoms with Crippen molar-refractivity contribution in [2.45, 2.75) is 228 Å². The number of allylic oxidation sites excluding steroid dienone is 2. The van der Waals surface area contributed by atoms with Gasteiger partial charge in [-0.1, -0.05) is 100.0 Å². The first-order chi connectivity index (χ1) is 41.0. The predicted molar refractivity (Wildman–Crippen MR) is 332 cm³/mol. The van der Waals surface area contributed by atoms with Crippen LogP contribution in [0.15, 0.2) is 42.0 Å². The number of aryl methyl sites for hydroxylation is 1. The number of methoxy groups -OCH3 is 1. The molecule has 20 atom stereocenters. The molecule has 2 saturated heterocycles. The summed E-state index contributed by atoms with van der Waals surface area (Å²) in [5.74, 6) is -2.52. The van der Waals surface area contributed by atoms with Crippen LogP contribution in [0.3, 0.4) is 0 Å². The van der Waals surface area contributed by atoms with E-state index in [1.807, 2.05) is 17.9 Å². The molecule has 14 aliphatic rings. The van der Waals surface area contributed by atoms with E-state index >= 15 is 9.59 Å². The summed E-state index contributed by atoms with van der Waals surface area (Å²) in [7, 11) is 4.31. The van der Waals surface area contributed by atoms with Gasteiger partial charge in [0, 0.05) is 78.6 Å². The standard InChI is InChI=1S/C69H102N2O13S2/c1-41(2)42(3)55-57(84-55)66(80)25-12-16-45-32-50-51-34-53(75)65(35-54(76)68(82,40-73)63(60(50,65)4)23-9-10-24-63)59(79)86-85-38-47-15-11-14-46(37-72)69(47)58(78)71(48-30-43(31-49(74)33-48)17-27-64(45)52(66)19-28-67(51,64)81)39-62(69)26-18-44(56(62)77)36-70-61(22-13-29-83-5)20-7-6-8-21-61/h12,16,30-31,33-34,41-42,44-47,50,52,54-57,59,70,72-74,76-77,79-82H,6-11,13-15,17-29,32,35-40H2,1-5H3/t42-,44+,45+,46-,47+,50+,52+,54-,55+,56-,57-,59-,60+,62+,64-,65+,66-,67-,68-,69-/m1/s1. The molecule has 8 bridgehead atoms. The number of aromatic hydroxyl groups is 1. The van der Waals surface area contributed by atoms with Crippen LogP contribution in [0.25, 0.3) is 0 Å². The van der Waals surface area contributed by atoms with Gasteiger partial charge in [-0.25, -0.2) is 0 Å². The zero-order valence-electron chi connectivity index (χ0n) is 51.9. The van der Waals surface area contributed by atoms with Crippen molar-refractivity contribution < 1.29 is 65.0 Å². The lowest BCUT2D eigenvalue weighted by Gasteiger charge is -2.74. The molecule has 5 aliphatic heterocycles. The number of fused-ring (bicyclic) bond motifs is 1. The molecular formula is C69H102N2O13S2. The molecule has 15 nitrogen and oxygen atoms in total.